The standard InChI is InChI=1S/C15H12N6O2S/c22-21(23)12-4-2-8-17-14(12)24-15-19-18-13(20(15)11-5-6-11)10-3-1-7-16-9-10/h1-4,7-9,11H,5-6H2. The summed E-state index contributed by atoms with van der Waals surface area (Å²) >= 11 is 1.17. The van der Waals surface area contributed by atoms with Crippen molar-refractivity contribution in [2.45, 2.75) is 29.1 Å². The molecule has 1 aliphatic carbocycles. The second kappa shape index (κ2) is 6.00. The van der Waals surface area contributed by atoms with Crippen LogP contribution in [0.3, 0.4) is 0 Å². The molecule has 1 fully saturated rings. The van der Waals surface area contributed by atoms with Crippen molar-refractivity contribution in [2.24, 2.45) is 0 Å². The quantitative estimate of drug-likeness (QED) is 0.519. The zero-order valence-corrected chi connectivity index (χ0v) is 13.3. The molecule has 4 rings (SSSR count). The van der Waals surface area contributed by atoms with E-state index in [0.717, 1.165) is 24.2 Å². The Morgan fingerprint density at radius 2 is 2.04 bits per heavy atom. The average molecular weight is 340 g/mol. The molecule has 0 aliphatic heterocycles. The van der Waals surface area contributed by atoms with E-state index in [1.807, 2.05) is 16.7 Å². The molecule has 0 bridgehead atoms. The van der Waals surface area contributed by atoms with Gasteiger partial charge in [-0.15, -0.1) is 10.2 Å². The van der Waals surface area contributed by atoms with E-state index < -0.39 is 4.92 Å². The van der Waals surface area contributed by atoms with Gasteiger partial charge in [0.15, 0.2) is 16.0 Å². The SMILES string of the molecule is O=[N+]([O-])c1cccnc1Sc1nnc(-c2cccnc2)n1C1CC1. The highest BCUT2D eigenvalue weighted by atomic mass is 32.2. The molecule has 9 heteroatoms. The monoisotopic (exact) mass is 340 g/mol. The van der Waals surface area contributed by atoms with Gasteiger partial charge in [-0.05, 0) is 42.8 Å². The molecule has 0 atom stereocenters. The molecule has 3 aromatic heterocycles. The van der Waals surface area contributed by atoms with Gasteiger partial charge in [-0.2, -0.15) is 0 Å². The molecule has 3 aromatic rings. The summed E-state index contributed by atoms with van der Waals surface area (Å²) in [6, 6.07) is 7.08. The lowest BCUT2D eigenvalue weighted by molar-refractivity contribution is -0.388. The molecule has 1 saturated carbocycles. The third-order valence-corrected chi connectivity index (χ3v) is 4.60. The first-order valence-corrected chi connectivity index (χ1v) is 8.18. The van der Waals surface area contributed by atoms with E-state index in [-0.39, 0.29) is 5.69 Å². The number of nitro groups is 1. The molecule has 0 N–H and O–H groups in total. The van der Waals surface area contributed by atoms with Crippen LogP contribution in [0.1, 0.15) is 18.9 Å². The van der Waals surface area contributed by atoms with Crippen LogP contribution >= 0.6 is 11.8 Å². The average Bonchev–Trinajstić information content (AvgIpc) is 3.36. The zero-order valence-electron chi connectivity index (χ0n) is 12.4. The maximum Gasteiger partial charge on any atom is 0.301 e. The van der Waals surface area contributed by atoms with E-state index in [1.54, 1.807) is 18.5 Å². The topological polar surface area (TPSA) is 99.6 Å². The second-order valence-electron chi connectivity index (χ2n) is 5.34. The van der Waals surface area contributed by atoms with E-state index in [9.17, 15) is 10.1 Å². The highest BCUT2D eigenvalue weighted by Crippen LogP contribution is 2.43. The van der Waals surface area contributed by atoms with Crippen LogP contribution in [-0.2, 0) is 0 Å². The van der Waals surface area contributed by atoms with E-state index in [1.165, 1.54) is 24.0 Å². The molecule has 0 unspecified atom stereocenters. The Bertz CT molecular complexity index is 894. The zero-order chi connectivity index (χ0) is 16.5. The van der Waals surface area contributed by atoms with Gasteiger partial charge in [-0.3, -0.25) is 19.7 Å². The van der Waals surface area contributed by atoms with Gasteiger partial charge in [-0.1, -0.05) is 0 Å². The Hall–Kier alpha value is -2.81. The van der Waals surface area contributed by atoms with Crippen molar-refractivity contribution in [3.63, 3.8) is 0 Å². The lowest BCUT2D eigenvalue weighted by atomic mass is 10.3. The molecule has 24 heavy (non-hydrogen) atoms. The fourth-order valence-corrected chi connectivity index (χ4v) is 3.34. The van der Waals surface area contributed by atoms with Crippen molar-refractivity contribution in [3.8, 4) is 11.4 Å². The fraction of sp³-hybridized carbons (Fsp3) is 0.200. The Morgan fingerprint density at radius 3 is 2.75 bits per heavy atom. The van der Waals surface area contributed by atoms with Crippen LogP contribution in [0.25, 0.3) is 11.4 Å². The summed E-state index contributed by atoms with van der Waals surface area (Å²) in [5, 5.41) is 20.6. The first-order valence-electron chi connectivity index (χ1n) is 7.36. The van der Waals surface area contributed by atoms with Crippen molar-refractivity contribution < 1.29 is 4.92 Å². The van der Waals surface area contributed by atoms with Crippen LogP contribution in [0.15, 0.2) is 53.0 Å². The maximum absolute atomic E-state index is 11.2. The minimum atomic E-state index is -0.435. The smallest absolute Gasteiger partial charge is 0.299 e. The van der Waals surface area contributed by atoms with Crippen molar-refractivity contribution in [1.82, 2.24) is 24.7 Å². The van der Waals surface area contributed by atoms with Crippen LogP contribution in [0.5, 0.6) is 0 Å². The van der Waals surface area contributed by atoms with Crippen LogP contribution in [0, 0.1) is 10.1 Å². The van der Waals surface area contributed by atoms with Crippen molar-refractivity contribution in [2.75, 3.05) is 0 Å². The van der Waals surface area contributed by atoms with Crippen molar-refractivity contribution in [3.05, 3.63) is 53.0 Å². The third kappa shape index (κ3) is 2.73. The number of aromatic nitrogens is 5. The molecular weight excluding hydrogens is 328 g/mol. The second-order valence-corrected chi connectivity index (χ2v) is 6.29. The van der Waals surface area contributed by atoms with Crippen LogP contribution in [0.2, 0.25) is 0 Å². The number of pyridine rings is 2. The minimum Gasteiger partial charge on any atom is -0.299 e. The molecule has 3 heterocycles. The van der Waals surface area contributed by atoms with Crippen molar-refractivity contribution in [1.29, 1.82) is 0 Å². The van der Waals surface area contributed by atoms with Gasteiger partial charge in [0, 0.05) is 36.3 Å². The Labute approximate surface area is 141 Å². The summed E-state index contributed by atoms with van der Waals surface area (Å²) in [4.78, 5) is 19.0. The third-order valence-electron chi connectivity index (χ3n) is 3.63. The normalized spacial score (nSPS) is 13.8. The summed E-state index contributed by atoms with van der Waals surface area (Å²) < 4.78 is 2.03. The molecule has 120 valence electrons. The Kier molecular flexibility index (Phi) is 3.69. The Morgan fingerprint density at radius 1 is 1.21 bits per heavy atom. The first-order chi connectivity index (χ1) is 11.7. The van der Waals surface area contributed by atoms with E-state index in [0.29, 0.717) is 16.2 Å². The number of hydrogen-bond acceptors (Lipinski definition) is 7. The summed E-state index contributed by atoms with van der Waals surface area (Å²) in [5.41, 5.74) is 0.843. The minimum absolute atomic E-state index is 0.0317. The summed E-state index contributed by atoms with van der Waals surface area (Å²) in [7, 11) is 0. The fourth-order valence-electron chi connectivity index (χ4n) is 2.39. The molecule has 1 aliphatic rings. The van der Waals surface area contributed by atoms with E-state index >= 15 is 0 Å². The van der Waals surface area contributed by atoms with Crippen LogP contribution in [0.4, 0.5) is 5.69 Å². The highest BCUT2D eigenvalue weighted by Gasteiger charge is 2.31. The van der Waals surface area contributed by atoms with Gasteiger partial charge in [0.2, 0.25) is 0 Å². The van der Waals surface area contributed by atoms with Gasteiger partial charge in [0.1, 0.15) is 0 Å². The van der Waals surface area contributed by atoms with Crippen LogP contribution in [-0.4, -0.2) is 29.7 Å². The predicted octanol–water partition coefficient (Wildman–Crippen LogP) is 3.13. The number of rotatable bonds is 5. The molecule has 0 aromatic carbocycles. The number of hydrogen-bond donors (Lipinski definition) is 0. The molecule has 0 amide bonds. The molecular formula is C15H12N6O2S. The van der Waals surface area contributed by atoms with E-state index in [4.69, 9.17) is 0 Å². The Balaban J connectivity index is 1.75. The number of nitrogens with zero attached hydrogens (tertiary/aromatic N) is 6. The molecule has 0 spiro atoms. The highest BCUT2D eigenvalue weighted by molar-refractivity contribution is 7.99. The summed E-state index contributed by atoms with van der Waals surface area (Å²) in [6.07, 6.45) is 7.07. The summed E-state index contributed by atoms with van der Waals surface area (Å²) in [5.74, 6) is 0.728. The molecule has 0 radical (unpaired) electrons. The lowest BCUT2D eigenvalue weighted by Crippen LogP contribution is -2.00. The molecule has 8 nitrogen and oxygen atoms in total. The van der Waals surface area contributed by atoms with Gasteiger partial charge in [0.25, 0.3) is 0 Å². The predicted molar refractivity (Wildman–Crippen MR) is 86.5 cm³/mol. The molecule has 0 saturated heterocycles. The van der Waals surface area contributed by atoms with Gasteiger partial charge >= 0.3 is 5.69 Å². The van der Waals surface area contributed by atoms with E-state index in [2.05, 4.69) is 20.2 Å². The largest absolute Gasteiger partial charge is 0.301 e. The van der Waals surface area contributed by atoms with Crippen LogP contribution < -0.4 is 0 Å². The van der Waals surface area contributed by atoms with Gasteiger partial charge < -0.3 is 0 Å². The maximum atomic E-state index is 11.2. The lowest BCUT2D eigenvalue weighted by Gasteiger charge is -2.08. The van der Waals surface area contributed by atoms with Crippen molar-refractivity contribution >= 4 is 17.4 Å². The van der Waals surface area contributed by atoms with Gasteiger partial charge in [0.05, 0.1) is 4.92 Å². The first kappa shape index (κ1) is 14.8. The summed E-state index contributed by atoms with van der Waals surface area (Å²) in [6.45, 7) is 0. The van der Waals surface area contributed by atoms with Gasteiger partial charge in [-0.25, -0.2) is 4.98 Å².